The van der Waals surface area contributed by atoms with Crippen molar-refractivity contribution in [2.75, 3.05) is 0 Å². The number of rotatable bonds is 5. The van der Waals surface area contributed by atoms with Gasteiger partial charge >= 0.3 is 0 Å². The lowest BCUT2D eigenvalue weighted by Crippen LogP contribution is -2.18. The Kier molecular flexibility index (Phi) is 4.66. The van der Waals surface area contributed by atoms with Gasteiger partial charge in [-0.3, -0.25) is 4.98 Å². The first-order chi connectivity index (χ1) is 10.6. The van der Waals surface area contributed by atoms with Gasteiger partial charge in [0.2, 0.25) is 0 Å². The Morgan fingerprint density at radius 2 is 2.14 bits per heavy atom. The second kappa shape index (κ2) is 6.69. The molecule has 114 valence electrons. The Hall–Kier alpha value is -1.56. The number of thiazole rings is 1. The van der Waals surface area contributed by atoms with Gasteiger partial charge in [-0.15, -0.1) is 22.7 Å². The fourth-order valence-electron chi connectivity index (χ4n) is 2.44. The average Bonchev–Trinajstić information content (AvgIpc) is 3.12. The van der Waals surface area contributed by atoms with Gasteiger partial charge in [-0.25, -0.2) is 4.98 Å². The minimum Gasteiger partial charge on any atom is -0.304 e. The zero-order chi connectivity index (χ0) is 15.5. The van der Waals surface area contributed by atoms with E-state index < -0.39 is 0 Å². The predicted octanol–water partition coefficient (Wildman–Crippen LogP) is 4.73. The van der Waals surface area contributed by atoms with Crippen LogP contribution in [0.2, 0.25) is 0 Å². The van der Waals surface area contributed by atoms with Gasteiger partial charge in [0, 0.05) is 33.9 Å². The Balaban J connectivity index is 1.65. The molecular weight excluding hydrogens is 310 g/mol. The van der Waals surface area contributed by atoms with E-state index in [1.165, 1.54) is 15.3 Å². The van der Waals surface area contributed by atoms with Gasteiger partial charge in [0.1, 0.15) is 5.01 Å². The normalized spacial score (nSPS) is 12.5. The van der Waals surface area contributed by atoms with E-state index in [2.05, 4.69) is 47.5 Å². The van der Waals surface area contributed by atoms with E-state index in [1.807, 2.05) is 29.5 Å². The maximum atomic E-state index is 4.67. The van der Waals surface area contributed by atoms with Crippen molar-refractivity contribution < 1.29 is 0 Å². The van der Waals surface area contributed by atoms with E-state index in [9.17, 15) is 0 Å². The van der Waals surface area contributed by atoms with Crippen LogP contribution in [0.15, 0.2) is 35.8 Å². The molecule has 1 atom stereocenters. The number of hydrogen-bond donors (Lipinski definition) is 1. The van der Waals surface area contributed by atoms with Crippen molar-refractivity contribution in [2.45, 2.75) is 33.4 Å². The summed E-state index contributed by atoms with van der Waals surface area (Å²) in [4.78, 5) is 11.8. The summed E-state index contributed by atoms with van der Waals surface area (Å²) in [5.74, 6) is 0. The largest absolute Gasteiger partial charge is 0.304 e. The van der Waals surface area contributed by atoms with Crippen LogP contribution in [0.1, 0.15) is 34.0 Å². The minimum atomic E-state index is 0.338. The van der Waals surface area contributed by atoms with E-state index in [4.69, 9.17) is 0 Å². The van der Waals surface area contributed by atoms with Crippen LogP contribution in [-0.4, -0.2) is 9.97 Å². The molecular formula is C17H19N3S2. The number of aryl methyl sites for hydroxylation is 2. The van der Waals surface area contributed by atoms with Crippen LogP contribution < -0.4 is 5.32 Å². The summed E-state index contributed by atoms with van der Waals surface area (Å²) in [6.45, 7) is 7.33. The molecule has 3 aromatic rings. The molecule has 0 saturated carbocycles. The van der Waals surface area contributed by atoms with Crippen molar-refractivity contribution in [2.24, 2.45) is 0 Å². The zero-order valence-corrected chi connectivity index (χ0v) is 14.6. The number of pyridine rings is 1. The van der Waals surface area contributed by atoms with Crippen LogP contribution in [0.4, 0.5) is 0 Å². The van der Waals surface area contributed by atoms with Gasteiger partial charge in [0.15, 0.2) is 0 Å². The SMILES string of the molecule is Cc1cc(C(C)NCc2csc(-c3ccccn3)n2)c(C)s1. The first-order valence-corrected chi connectivity index (χ1v) is 8.99. The molecule has 1 unspecified atom stereocenters. The van der Waals surface area contributed by atoms with Crippen LogP contribution in [0.25, 0.3) is 10.7 Å². The monoisotopic (exact) mass is 329 g/mol. The van der Waals surface area contributed by atoms with Crippen molar-refractivity contribution >= 4 is 22.7 Å². The first-order valence-electron chi connectivity index (χ1n) is 7.29. The van der Waals surface area contributed by atoms with E-state index in [1.54, 1.807) is 17.5 Å². The van der Waals surface area contributed by atoms with Gasteiger partial charge in [-0.05, 0) is 44.5 Å². The van der Waals surface area contributed by atoms with Crippen LogP contribution in [0.3, 0.4) is 0 Å². The Labute approximate surface area is 139 Å². The fourth-order valence-corrected chi connectivity index (χ4v) is 4.26. The molecule has 0 aliphatic carbocycles. The summed E-state index contributed by atoms with van der Waals surface area (Å²) in [5, 5.41) is 6.65. The molecule has 3 rings (SSSR count). The summed E-state index contributed by atoms with van der Waals surface area (Å²) < 4.78 is 0. The Bertz CT molecular complexity index is 746. The summed E-state index contributed by atoms with van der Waals surface area (Å²) in [5.41, 5.74) is 3.40. The summed E-state index contributed by atoms with van der Waals surface area (Å²) in [6, 6.07) is 8.52. The van der Waals surface area contributed by atoms with Gasteiger partial charge in [-0.1, -0.05) is 6.07 Å². The molecule has 0 aliphatic rings. The second-order valence-electron chi connectivity index (χ2n) is 5.33. The van der Waals surface area contributed by atoms with Crippen molar-refractivity contribution in [3.05, 3.63) is 56.9 Å². The molecule has 0 aliphatic heterocycles. The third-order valence-corrected chi connectivity index (χ3v) is 5.47. The lowest BCUT2D eigenvalue weighted by molar-refractivity contribution is 0.568. The van der Waals surface area contributed by atoms with Gasteiger partial charge in [-0.2, -0.15) is 0 Å². The lowest BCUT2D eigenvalue weighted by Gasteiger charge is -2.12. The van der Waals surface area contributed by atoms with Crippen molar-refractivity contribution in [3.8, 4) is 10.7 Å². The molecule has 0 saturated heterocycles. The molecule has 0 fully saturated rings. The van der Waals surface area contributed by atoms with Crippen LogP contribution in [-0.2, 0) is 6.54 Å². The van der Waals surface area contributed by atoms with E-state index in [0.717, 1.165) is 22.9 Å². The fraction of sp³-hybridized carbons (Fsp3) is 0.294. The smallest absolute Gasteiger partial charge is 0.142 e. The first kappa shape index (κ1) is 15.3. The number of hydrogen-bond acceptors (Lipinski definition) is 5. The summed E-state index contributed by atoms with van der Waals surface area (Å²) in [6.07, 6.45) is 1.80. The maximum Gasteiger partial charge on any atom is 0.142 e. The molecule has 3 aromatic heterocycles. The number of nitrogens with zero attached hydrogens (tertiary/aromatic N) is 2. The van der Waals surface area contributed by atoms with Gasteiger partial charge in [0.25, 0.3) is 0 Å². The molecule has 1 N–H and O–H groups in total. The van der Waals surface area contributed by atoms with Crippen molar-refractivity contribution in [1.29, 1.82) is 0 Å². The third-order valence-electron chi connectivity index (χ3n) is 3.57. The minimum absolute atomic E-state index is 0.338. The highest BCUT2D eigenvalue weighted by atomic mass is 32.1. The van der Waals surface area contributed by atoms with Crippen LogP contribution in [0, 0.1) is 13.8 Å². The third kappa shape index (κ3) is 3.43. The quantitative estimate of drug-likeness (QED) is 0.735. The highest BCUT2D eigenvalue weighted by Crippen LogP contribution is 2.27. The highest BCUT2D eigenvalue weighted by molar-refractivity contribution is 7.13. The Morgan fingerprint density at radius 1 is 1.27 bits per heavy atom. The predicted molar refractivity (Wildman–Crippen MR) is 94.4 cm³/mol. The second-order valence-corrected chi connectivity index (χ2v) is 7.65. The Morgan fingerprint density at radius 3 is 2.82 bits per heavy atom. The van der Waals surface area contributed by atoms with Crippen LogP contribution >= 0.6 is 22.7 Å². The molecule has 5 heteroatoms. The van der Waals surface area contributed by atoms with Gasteiger partial charge in [0.05, 0.1) is 11.4 Å². The van der Waals surface area contributed by atoms with Crippen molar-refractivity contribution in [3.63, 3.8) is 0 Å². The zero-order valence-electron chi connectivity index (χ0n) is 13.0. The molecule has 0 radical (unpaired) electrons. The number of thiophene rings is 1. The molecule has 0 aromatic carbocycles. The number of aromatic nitrogens is 2. The van der Waals surface area contributed by atoms with Gasteiger partial charge < -0.3 is 5.32 Å². The van der Waals surface area contributed by atoms with E-state index in [-0.39, 0.29) is 0 Å². The molecule has 3 heterocycles. The summed E-state index contributed by atoms with van der Waals surface area (Å²) in [7, 11) is 0. The molecule has 0 spiro atoms. The van der Waals surface area contributed by atoms with Crippen LogP contribution in [0.5, 0.6) is 0 Å². The van der Waals surface area contributed by atoms with E-state index >= 15 is 0 Å². The topological polar surface area (TPSA) is 37.8 Å². The lowest BCUT2D eigenvalue weighted by atomic mass is 10.1. The molecule has 0 amide bonds. The highest BCUT2D eigenvalue weighted by Gasteiger charge is 2.12. The maximum absolute atomic E-state index is 4.67. The molecule has 3 nitrogen and oxygen atoms in total. The number of nitrogens with one attached hydrogen (secondary N) is 1. The van der Waals surface area contributed by atoms with E-state index in [0.29, 0.717) is 6.04 Å². The molecule has 0 bridgehead atoms. The standard InChI is InChI=1S/C17H19N3S2/c1-11-8-15(13(3)22-11)12(2)19-9-14-10-21-17(20-14)16-6-4-5-7-18-16/h4-8,10,12,19H,9H2,1-3H3. The summed E-state index contributed by atoms with van der Waals surface area (Å²) >= 11 is 3.50. The average molecular weight is 329 g/mol. The molecule has 22 heavy (non-hydrogen) atoms. The van der Waals surface area contributed by atoms with Crippen molar-refractivity contribution in [1.82, 2.24) is 15.3 Å².